The van der Waals surface area contributed by atoms with Crippen molar-refractivity contribution in [3.8, 4) is 16.9 Å². The molecule has 1 N–H and O–H groups in total. The highest BCUT2D eigenvalue weighted by Crippen LogP contribution is 2.21. The minimum absolute atomic E-state index is 0.140. The Morgan fingerprint density at radius 2 is 1.91 bits per heavy atom. The zero-order valence-electron chi connectivity index (χ0n) is 12.3. The van der Waals surface area contributed by atoms with Gasteiger partial charge in [0.15, 0.2) is 11.4 Å². The van der Waals surface area contributed by atoms with Crippen molar-refractivity contribution < 1.29 is 14.3 Å². The van der Waals surface area contributed by atoms with E-state index in [9.17, 15) is 14.3 Å². The molecule has 2 aromatic heterocycles. The van der Waals surface area contributed by atoms with Crippen LogP contribution in [-0.4, -0.2) is 25.9 Å². The third-order valence-corrected chi connectivity index (χ3v) is 3.45. The molecule has 2 heterocycles. The fourth-order valence-corrected chi connectivity index (χ4v) is 2.28. The molecule has 0 aliphatic rings. The molecule has 0 aliphatic heterocycles. The van der Waals surface area contributed by atoms with Gasteiger partial charge < -0.3 is 9.67 Å². The van der Waals surface area contributed by atoms with Gasteiger partial charge in [-0.25, -0.2) is 14.4 Å². The molecule has 23 heavy (non-hydrogen) atoms. The van der Waals surface area contributed by atoms with Gasteiger partial charge in [-0.2, -0.15) is 0 Å². The number of hydrogen-bond donors (Lipinski definition) is 1. The van der Waals surface area contributed by atoms with Gasteiger partial charge >= 0.3 is 0 Å². The van der Waals surface area contributed by atoms with E-state index in [2.05, 4.69) is 9.97 Å². The number of halogens is 1. The van der Waals surface area contributed by atoms with Gasteiger partial charge in [-0.3, -0.25) is 4.79 Å². The van der Waals surface area contributed by atoms with Crippen LogP contribution >= 0.6 is 0 Å². The molecule has 5 nitrogen and oxygen atoms in total. The van der Waals surface area contributed by atoms with E-state index < -0.39 is 0 Å². The van der Waals surface area contributed by atoms with Crippen LogP contribution in [0.2, 0.25) is 0 Å². The summed E-state index contributed by atoms with van der Waals surface area (Å²) in [6.07, 6.45) is 5.32. The van der Waals surface area contributed by atoms with E-state index in [0.29, 0.717) is 18.1 Å². The van der Waals surface area contributed by atoms with Crippen molar-refractivity contribution in [2.75, 3.05) is 0 Å². The molecule has 0 spiro atoms. The standard InChI is InChI=1S/C17H13FN3O2/c1-11-17(23)15(10-22)20-16(19-11)9-21-7-6-13(8-21)12-2-4-14(18)5-3-12/h2-8,23H,9H2,1H3. The van der Waals surface area contributed by atoms with Crippen molar-refractivity contribution in [2.24, 2.45) is 0 Å². The Kier molecular flexibility index (Phi) is 3.89. The number of aryl methyl sites for hydroxylation is 1. The fraction of sp³-hybridized carbons (Fsp3) is 0.118. The zero-order valence-corrected chi connectivity index (χ0v) is 12.3. The van der Waals surface area contributed by atoms with Crippen LogP contribution in [0.3, 0.4) is 0 Å². The molecule has 6 heteroatoms. The van der Waals surface area contributed by atoms with Crippen LogP contribution in [0.15, 0.2) is 42.7 Å². The number of carbonyl (C=O) groups excluding carboxylic acids is 1. The van der Waals surface area contributed by atoms with Crippen molar-refractivity contribution in [2.45, 2.75) is 13.5 Å². The lowest BCUT2D eigenvalue weighted by Crippen LogP contribution is -2.06. The highest BCUT2D eigenvalue weighted by atomic mass is 19.1. The molecule has 0 bridgehead atoms. The van der Waals surface area contributed by atoms with E-state index in [1.165, 1.54) is 12.1 Å². The molecule has 0 amide bonds. The van der Waals surface area contributed by atoms with Gasteiger partial charge in [-0.05, 0) is 36.2 Å². The smallest absolute Gasteiger partial charge is 0.257 e. The molecule has 115 valence electrons. The summed E-state index contributed by atoms with van der Waals surface area (Å²) in [5.74, 6) is -0.123. The van der Waals surface area contributed by atoms with Crippen molar-refractivity contribution in [3.05, 3.63) is 65.8 Å². The van der Waals surface area contributed by atoms with E-state index in [4.69, 9.17) is 0 Å². The van der Waals surface area contributed by atoms with Crippen LogP contribution in [0.25, 0.3) is 11.1 Å². The second-order valence-corrected chi connectivity index (χ2v) is 5.10. The van der Waals surface area contributed by atoms with Crippen molar-refractivity contribution >= 4 is 6.29 Å². The highest BCUT2D eigenvalue weighted by Gasteiger charge is 2.11. The minimum Gasteiger partial charge on any atom is -0.504 e. The number of nitrogens with zero attached hydrogens (tertiary/aromatic N) is 3. The van der Waals surface area contributed by atoms with Gasteiger partial charge in [-0.1, -0.05) is 12.1 Å². The number of hydrogen-bond acceptors (Lipinski definition) is 4. The Hall–Kier alpha value is -3.02. The maximum Gasteiger partial charge on any atom is 0.257 e. The minimum atomic E-state index is -0.279. The second kappa shape index (κ2) is 6.00. The van der Waals surface area contributed by atoms with Crippen molar-refractivity contribution in [1.82, 2.24) is 14.5 Å². The molecular weight excluding hydrogens is 297 g/mol. The van der Waals surface area contributed by atoms with E-state index in [1.807, 2.05) is 23.0 Å². The molecule has 0 saturated carbocycles. The molecule has 0 saturated heterocycles. The first-order valence-corrected chi connectivity index (χ1v) is 6.93. The fourth-order valence-electron chi connectivity index (χ4n) is 2.28. The maximum absolute atomic E-state index is 13.0. The number of aromatic nitrogens is 3. The predicted octanol–water partition coefficient (Wildman–Crippen LogP) is 2.60. The summed E-state index contributed by atoms with van der Waals surface area (Å²) < 4.78 is 14.8. The quantitative estimate of drug-likeness (QED) is 0.804. The van der Waals surface area contributed by atoms with Gasteiger partial charge in [0.05, 0.1) is 12.2 Å². The molecule has 0 atom stereocenters. The largest absolute Gasteiger partial charge is 0.504 e. The first-order valence-electron chi connectivity index (χ1n) is 6.93. The lowest BCUT2D eigenvalue weighted by Gasteiger charge is -2.06. The molecular formula is C17H13FN3O2. The summed E-state index contributed by atoms with van der Waals surface area (Å²) in [5.41, 5.74) is 2.02. The van der Waals surface area contributed by atoms with Crippen LogP contribution < -0.4 is 0 Å². The van der Waals surface area contributed by atoms with Gasteiger partial charge in [0.1, 0.15) is 11.6 Å². The topological polar surface area (TPSA) is 68.0 Å². The second-order valence-electron chi connectivity index (χ2n) is 5.10. The molecule has 3 rings (SSSR count). The van der Waals surface area contributed by atoms with Gasteiger partial charge in [0, 0.05) is 12.4 Å². The summed E-state index contributed by atoms with van der Waals surface area (Å²) in [5, 5.41) is 9.64. The number of rotatable bonds is 4. The van der Waals surface area contributed by atoms with E-state index >= 15 is 0 Å². The number of aromatic hydroxyl groups is 1. The molecule has 0 fully saturated rings. The monoisotopic (exact) mass is 310 g/mol. The normalized spacial score (nSPS) is 10.7. The maximum atomic E-state index is 13.0. The van der Waals surface area contributed by atoms with Crippen molar-refractivity contribution in [1.29, 1.82) is 0 Å². The van der Waals surface area contributed by atoms with Crippen LogP contribution in [0.5, 0.6) is 5.75 Å². The Morgan fingerprint density at radius 1 is 1.17 bits per heavy atom. The average molecular weight is 310 g/mol. The summed E-state index contributed by atoms with van der Waals surface area (Å²) in [6, 6.07) is 8.12. The van der Waals surface area contributed by atoms with Crippen LogP contribution in [0.1, 0.15) is 17.2 Å². The summed E-state index contributed by atoms with van der Waals surface area (Å²) in [4.78, 5) is 18.9. The first kappa shape index (κ1) is 14.9. The third kappa shape index (κ3) is 3.11. The average Bonchev–Trinajstić information content (AvgIpc) is 3.00. The SMILES string of the molecule is Cc1nc(Cn2ccc(-c3ccc(F)cc3)c2)nc([C]=O)c1O. The van der Waals surface area contributed by atoms with Gasteiger partial charge in [0.2, 0.25) is 0 Å². The lowest BCUT2D eigenvalue weighted by atomic mass is 10.1. The third-order valence-electron chi connectivity index (χ3n) is 3.45. The molecule has 0 aliphatic carbocycles. The molecule has 1 radical (unpaired) electrons. The molecule has 3 aromatic rings. The zero-order chi connectivity index (χ0) is 16.4. The Balaban J connectivity index is 1.86. The van der Waals surface area contributed by atoms with E-state index in [0.717, 1.165) is 11.1 Å². The van der Waals surface area contributed by atoms with E-state index in [1.54, 1.807) is 25.3 Å². The summed E-state index contributed by atoms with van der Waals surface area (Å²) in [6.45, 7) is 1.94. The molecule has 1 aromatic carbocycles. The van der Waals surface area contributed by atoms with E-state index in [-0.39, 0.29) is 17.3 Å². The summed E-state index contributed by atoms with van der Waals surface area (Å²) in [7, 11) is 0. The Labute approximate surface area is 132 Å². The Morgan fingerprint density at radius 3 is 2.61 bits per heavy atom. The predicted molar refractivity (Wildman–Crippen MR) is 82.2 cm³/mol. The van der Waals surface area contributed by atoms with Crippen molar-refractivity contribution in [3.63, 3.8) is 0 Å². The van der Waals surface area contributed by atoms with Crippen LogP contribution in [-0.2, 0) is 11.3 Å². The lowest BCUT2D eigenvalue weighted by molar-refractivity contribution is 0.458. The van der Waals surface area contributed by atoms with Gasteiger partial charge in [0.25, 0.3) is 6.29 Å². The summed E-state index contributed by atoms with van der Waals surface area (Å²) >= 11 is 0. The molecule has 0 unspecified atom stereocenters. The first-order chi connectivity index (χ1) is 11.1. The Bertz CT molecular complexity index is 857. The van der Waals surface area contributed by atoms with Crippen LogP contribution in [0, 0.1) is 12.7 Å². The number of benzene rings is 1. The highest BCUT2D eigenvalue weighted by molar-refractivity contribution is 5.76. The van der Waals surface area contributed by atoms with Crippen LogP contribution in [0.4, 0.5) is 4.39 Å². The van der Waals surface area contributed by atoms with Gasteiger partial charge in [-0.15, -0.1) is 0 Å².